The predicted octanol–water partition coefficient (Wildman–Crippen LogP) is 6.28. The van der Waals surface area contributed by atoms with Crippen LogP contribution in [0.5, 0.6) is 0 Å². The highest BCUT2D eigenvalue weighted by molar-refractivity contribution is 6.28. The summed E-state index contributed by atoms with van der Waals surface area (Å²) in [6, 6.07) is 29.0. The minimum Gasteiger partial charge on any atom is -0.303 e. The Labute approximate surface area is 167 Å². The van der Waals surface area contributed by atoms with Crippen molar-refractivity contribution in [3.63, 3.8) is 0 Å². The number of hydrogen-bond acceptors (Lipinski definition) is 0. The molecule has 2 nitrogen and oxygen atoms in total. The molecule has 0 atom stereocenters. The summed E-state index contributed by atoms with van der Waals surface area (Å²) in [5.41, 5.74) is 7.77. The molecule has 0 unspecified atom stereocenters. The zero-order valence-corrected chi connectivity index (χ0v) is 16.4. The van der Waals surface area contributed by atoms with Crippen LogP contribution in [-0.2, 0) is 7.05 Å². The van der Waals surface area contributed by atoms with Crippen molar-refractivity contribution >= 4 is 59.9 Å². The normalized spacial score (nSPS) is 12.5. The maximum atomic E-state index is 2.49. The second-order valence-corrected chi connectivity index (χ2v) is 8.17. The van der Waals surface area contributed by atoms with Crippen molar-refractivity contribution in [2.24, 2.45) is 7.05 Å². The highest BCUT2D eigenvalue weighted by Gasteiger charge is 2.24. The molecule has 3 aromatic heterocycles. The first kappa shape index (κ1) is 15.3. The molecule has 0 saturated heterocycles. The van der Waals surface area contributed by atoms with Gasteiger partial charge < -0.3 is 4.40 Å². The fourth-order valence-electron chi connectivity index (χ4n) is 5.41. The molecule has 29 heavy (non-hydrogen) atoms. The second-order valence-electron chi connectivity index (χ2n) is 8.17. The number of aryl methyl sites for hydroxylation is 2. The SMILES string of the molecule is Cc1ccc2ccc3c4ccccc4n4c5cc6ccccc6[n+](C)c5c1c2c34. The molecule has 4 aromatic carbocycles. The molecule has 2 heteroatoms. The molecular weight excluding hydrogens is 352 g/mol. The van der Waals surface area contributed by atoms with E-state index in [1.807, 2.05) is 0 Å². The summed E-state index contributed by atoms with van der Waals surface area (Å²) < 4.78 is 4.87. The van der Waals surface area contributed by atoms with Crippen LogP contribution in [0.4, 0.5) is 0 Å². The third-order valence-corrected chi connectivity index (χ3v) is 6.67. The van der Waals surface area contributed by atoms with E-state index < -0.39 is 0 Å². The van der Waals surface area contributed by atoms with E-state index >= 15 is 0 Å². The van der Waals surface area contributed by atoms with Crippen molar-refractivity contribution < 1.29 is 4.57 Å². The number of nitrogens with zero attached hydrogens (tertiary/aromatic N) is 2. The van der Waals surface area contributed by atoms with Crippen LogP contribution in [0.25, 0.3) is 59.9 Å². The molecule has 7 aromatic rings. The molecule has 0 aliphatic carbocycles. The number of fused-ring (bicyclic) bond motifs is 7. The Morgan fingerprint density at radius 3 is 2.41 bits per heavy atom. The molecule has 0 N–H and O–H groups in total. The smallest absolute Gasteiger partial charge is 0.238 e. The maximum Gasteiger partial charge on any atom is 0.238 e. The Bertz CT molecular complexity index is 1770. The van der Waals surface area contributed by atoms with Crippen molar-refractivity contribution in [1.29, 1.82) is 0 Å². The third-order valence-electron chi connectivity index (χ3n) is 6.67. The fraction of sp³-hybridized carbons (Fsp3) is 0.0741. The predicted molar refractivity (Wildman–Crippen MR) is 122 cm³/mol. The Balaban J connectivity index is 1.99. The fourth-order valence-corrected chi connectivity index (χ4v) is 5.41. The van der Waals surface area contributed by atoms with Gasteiger partial charge in [-0.05, 0) is 36.1 Å². The van der Waals surface area contributed by atoms with Gasteiger partial charge in [-0.2, -0.15) is 4.57 Å². The van der Waals surface area contributed by atoms with E-state index in [2.05, 4.69) is 102 Å². The molecule has 0 fully saturated rings. The molecular formula is C27H19N2+. The first-order chi connectivity index (χ1) is 14.2. The van der Waals surface area contributed by atoms with Crippen LogP contribution >= 0.6 is 0 Å². The van der Waals surface area contributed by atoms with Crippen molar-refractivity contribution in [1.82, 2.24) is 4.40 Å². The summed E-state index contributed by atoms with van der Waals surface area (Å²) in [5.74, 6) is 0. The largest absolute Gasteiger partial charge is 0.303 e. The Morgan fingerprint density at radius 2 is 1.48 bits per heavy atom. The number of benzene rings is 4. The molecule has 0 aliphatic rings. The van der Waals surface area contributed by atoms with E-state index in [-0.39, 0.29) is 0 Å². The Morgan fingerprint density at radius 1 is 0.690 bits per heavy atom. The summed E-state index contributed by atoms with van der Waals surface area (Å²) in [5, 5.41) is 7.97. The van der Waals surface area contributed by atoms with Crippen LogP contribution < -0.4 is 4.57 Å². The van der Waals surface area contributed by atoms with Gasteiger partial charge in [0, 0.05) is 27.6 Å². The van der Waals surface area contributed by atoms with E-state index in [1.54, 1.807) is 0 Å². The monoisotopic (exact) mass is 371 g/mol. The lowest BCUT2D eigenvalue weighted by molar-refractivity contribution is -0.616. The first-order valence-corrected chi connectivity index (χ1v) is 10.1. The molecule has 0 spiro atoms. The minimum absolute atomic E-state index is 1.26. The van der Waals surface area contributed by atoms with Gasteiger partial charge >= 0.3 is 0 Å². The van der Waals surface area contributed by atoms with Crippen molar-refractivity contribution in [2.45, 2.75) is 6.92 Å². The molecule has 3 heterocycles. The zero-order valence-electron chi connectivity index (χ0n) is 16.4. The quantitative estimate of drug-likeness (QED) is 0.169. The van der Waals surface area contributed by atoms with Gasteiger partial charge in [-0.15, -0.1) is 0 Å². The number of hydrogen-bond donors (Lipinski definition) is 0. The minimum atomic E-state index is 1.26. The molecule has 136 valence electrons. The van der Waals surface area contributed by atoms with E-state index in [4.69, 9.17) is 0 Å². The second kappa shape index (κ2) is 5.03. The van der Waals surface area contributed by atoms with E-state index in [0.717, 1.165) is 0 Å². The highest BCUT2D eigenvalue weighted by Crippen LogP contribution is 2.41. The molecule has 0 aliphatic heterocycles. The third kappa shape index (κ3) is 1.71. The van der Waals surface area contributed by atoms with Crippen LogP contribution in [0.15, 0.2) is 78.9 Å². The summed E-state index contributed by atoms with van der Waals surface area (Å²) in [7, 11) is 2.20. The van der Waals surface area contributed by atoms with Gasteiger partial charge in [0.15, 0.2) is 0 Å². The lowest BCUT2D eigenvalue weighted by Gasteiger charge is -2.14. The lowest BCUT2D eigenvalue weighted by Crippen LogP contribution is -2.31. The van der Waals surface area contributed by atoms with Crippen LogP contribution in [-0.4, -0.2) is 4.40 Å². The topological polar surface area (TPSA) is 8.29 Å². The Hall–Kier alpha value is -3.65. The van der Waals surface area contributed by atoms with E-state index in [9.17, 15) is 0 Å². The highest BCUT2D eigenvalue weighted by atomic mass is 15.0. The van der Waals surface area contributed by atoms with Crippen molar-refractivity contribution in [2.75, 3.05) is 0 Å². The number of rotatable bonds is 0. The van der Waals surface area contributed by atoms with Crippen LogP contribution in [0.1, 0.15) is 5.56 Å². The summed E-state index contributed by atoms with van der Waals surface area (Å²) in [6.45, 7) is 2.24. The van der Waals surface area contributed by atoms with E-state index in [1.165, 1.54) is 65.5 Å². The summed E-state index contributed by atoms with van der Waals surface area (Å²) >= 11 is 0. The van der Waals surface area contributed by atoms with Crippen molar-refractivity contribution in [3.05, 3.63) is 84.4 Å². The number of pyridine rings is 2. The average molecular weight is 371 g/mol. The van der Waals surface area contributed by atoms with Gasteiger partial charge in [0.25, 0.3) is 0 Å². The van der Waals surface area contributed by atoms with Gasteiger partial charge in [-0.1, -0.05) is 54.6 Å². The standard InChI is InChI=1S/C27H19N2/c1-16-11-12-17-13-14-20-19-8-4-6-10-22(19)29-23-15-18-7-3-5-9-21(18)28(2)27(23)24(16)25(17)26(20)29/h3-15H,1-2H3/q+1. The average Bonchev–Trinajstić information content (AvgIpc) is 3.10. The molecule has 0 radical (unpaired) electrons. The van der Waals surface area contributed by atoms with Gasteiger partial charge in [-0.3, -0.25) is 0 Å². The zero-order chi connectivity index (χ0) is 19.3. The van der Waals surface area contributed by atoms with Gasteiger partial charge in [0.1, 0.15) is 12.6 Å². The molecule has 0 bridgehead atoms. The Kier molecular flexibility index (Phi) is 2.66. The van der Waals surface area contributed by atoms with Gasteiger partial charge in [0.2, 0.25) is 11.0 Å². The van der Waals surface area contributed by atoms with Crippen LogP contribution in [0, 0.1) is 6.92 Å². The van der Waals surface area contributed by atoms with E-state index in [0.29, 0.717) is 0 Å². The summed E-state index contributed by atoms with van der Waals surface area (Å²) in [4.78, 5) is 0. The lowest BCUT2D eigenvalue weighted by atomic mass is 9.96. The van der Waals surface area contributed by atoms with Crippen molar-refractivity contribution in [3.8, 4) is 0 Å². The number of para-hydroxylation sites is 2. The van der Waals surface area contributed by atoms with Crippen LogP contribution in [0.2, 0.25) is 0 Å². The molecule has 7 rings (SSSR count). The van der Waals surface area contributed by atoms with Gasteiger partial charge in [-0.25, -0.2) is 0 Å². The first-order valence-electron chi connectivity index (χ1n) is 10.1. The summed E-state index contributed by atoms with van der Waals surface area (Å²) in [6.07, 6.45) is 0. The molecule has 0 saturated carbocycles. The number of aromatic nitrogens is 2. The van der Waals surface area contributed by atoms with Gasteiger partial charge in [0.05, 0.1) is 16.4 Å². The molecule has 0 amide bonds. The van der Waals surface area contributed by atoms with Crippen LogP contribution in [0.3, 0.4) is 0 Å². The maximum absolute atomic E-state index is 2.49.